The van der Waals surface area contributed by atoms with Crippen LogP contribution in [0.1, 0.15) is 12.5 Å². The van der Waals surface area contributed by atoms with E-state index in [-0.39, 0.29) is 5.71 Å². The minimum absolute atomic E-state index is 0.00806. The Kier molecular flexibility index (Phi) is 2.17. The predicted octanol–water partition coefficient (Wildman–Crippen LogP) is 1.07. The predicted molar refractivity (Wildman–Crippen MR) is 53.8 cm³/mol. The summed E-state index contributed by atoms with van der Waals surface area (Å²) in [5.41, 5.74) is 0.830. The van der Waals surface area contributed by atoms with Crippen molar-refractivity contribution in [1.29, 1.82) is 0 Å². The summed E-state index contributed by atoms with van der Waals surface area (Å²) in [6, 6.07) is 8.64. The second kappa shape index (κ2) is 3.36. The van der Waals surface area contributed by atoms with Gasteiger partial charge in [-0.25, -0.2) is 0 Å². The molecule has 0 fully saturated rings. The molecule has 0 aliphatic carbocycles. The maximum absolute atomic E-state index is 10.2. The Morgan fingerprint density at radius 1 is 1.33 bits per heavy atom. The van der Waals surface area contributed by atoms with Gasteiger partial charge < -0.3 is 15.2 Å². The van der Waals surface area contributed by atoms with Crippen molar-refractivity contribution in [2.75, 3.05) is 0 Å². The van der Waals surface area contributed by atoms with Crippen molar-refractivity contribution in [1.82, 2.24) is 0 Å². The smallest absolute Gasteiger partial charge is 0.309 e. The van der Waals surface area contributed by atoms with Gasteiger partial charge in [0, 0.05) is 5.56 Å². The van der Waals surface area contributed by atoms with E-state index in [0.717, 1.165) is 0 Å². The second-order valence-corrected chi connectivity index (χ2v) is 3.23. The Labute approximate surface area is 86.3 Å². The lowest BCUT2D eigenvalue weighted by Crippen LogP contribution is -2.36. The summed E-state index contributed by atoms with van der Waals surface area (Å²) in [6.07, 6.45) is 0. The van der Waals surface area contributed by atoms with Gasteiger partial charge >= 0.3 is 5.79 Å². The van der Waals surface area contributed by atoms with Gasteiger partial charge in [0.25, 0.3) is 0 Å². The largest absolute Gasteiger partial charge is 0.410 e. The van der Waals surface area contributed by atoms with Crippen LogP contribution < -0.4 is 0 Å². The molecule has 5 nitrogen and oxygen atoms in total. The molecule has 1 atom stereocenters. The highest BCUT2D eigenvalue weighted by Crippen LogP contribution is 2.29. The molecular weight excluding hydrogens is 196 g/mol. The van der Waals surface area contributed by atoms with Crippen LogP contribution in [0.3, 0.4) is 0 Å². The third kappa shape index (κ3) is 1.37. The monoisotopic (exact) mass is 206 g/mol. The molecule has 0 aromatic heterocycles. The molecule has 0 bridgehead atoms. The van der Waals surface area contributed by atoms with Crippen molar-refractivity contribution in [3.8, 4) is 0 Å². The summed E-state index contributed by atoms with van der Waals surface area (Å²) < 4.78 is 0. The lowest BCUT2D eigenvalue weighted by atomic mass is 9.99. The van der Waals surface area contributed by atoms with E-state index in [4.69, 9.17) is 10.0 Å². The molecule has 1 aliphatic rings. The lowest BCUT2D eigenvalue weighted by molar-refractivity contribution is -0.149. The van der Waals surface area contributed by atoms with Crippen LogP contribution in [-0.2, 0) is 10.6 Å². The summed E-state index contributed by atoms with van der Waals surface area (Å²) in [6.45, 7) is 1.59. The standard InChI is InChI=1S/C10H10N2O3/c1-7-9(11-14)10(13,15-12-7)8-5-3-2-4-6-8/h2-6,13-14H,1H3/b11-9+. The van der Waals surface area contributed by atoms with Gasteiger partial charge in [0.1, 0.15) is 5.71 Å². The molecule has 15 heavy (non-hydrogen) atoms. The maximum atomic E-state index is 10.2. The minimum Gasteiger partial charge on any atom is -0.410 e. The van der Waals surface area contributed by atoms with E-state index >= 15 is 0 Å². The fraction of sp³-hybridized carbons (Fsp3) is 0.200. The number of rotatable bonds is 1. The summed E-state index contributed by atoms with van der Waals surface area (Å²) in [4.78, 5) is 4.90. The number of hydrogen-bond donors (Lipinski definition) is 2. The highest BCUT2D eigenvalue weighted by atomic mass is 16.7. The van der Waals surface area contributed by atoms with Crippen LogP contribution in [0, 0.1) is 0 Å². The molecule has 0 saturated heterocycles. The molecule has 2 rings (SSSR count). The van der Waals surface area contributed by atoms with Crippen LogP contribution in [0.25, 0.3) is 0 Å². The Balaban J connectivity index is 2.46. The quantitative estimate of drug-likeness (QED) is 0.533. The molecule has 0 amide bonds. The van der Waals surface area contributed by atoms with E-state index in [0.29, 0.717) is 11.3 Å². The Bertz CT molecular complexity index is 428. The zero-order valence-corrected chi connectivity index (χ0v) is 8.08. The van der Waals surface area contributed by atoms with Crippen LogP contribution in [-0.4, -0.2) is 21.7 Å². The van der Waals surface area contributed by atoms with Crippen molar-refractivity contribution in [3.63, 3.8) is 0 Å². The van der Waals surface area contributed by atoms with Crippen LogP contribution in [0.4, 0.5) is 0 Å². The highest BCUT2D eigenvalue weighted by molar-refractivity contribution is 6.44. The van der Waals surface area contributed by atoms with Gasteiger partial charge in [-0.2, -0.15) is 0 Å². The van der Waals surface area contributed by atoms with Crippen molar-refractivity contribution < 1.29 is 15.2 Å². The van der Waals surface area contributed by atoms with Gasteiger partial charge in [-0.3, -0.25) is 0 Å². The molecule has 1 aliphatic heterocycles. The fourth-order valence-electron chi connectivity index (χ4n) is 1.46. The number of hydrogen-bond acceptors (Lipinski definition) is 5. The van der Waals surface area contributed by atoms with Crippen molar-refractivity contribution >= 4 is 11.4 Å². The molecule has 0 radical (unpaired) electrons. The molecular formula is C10H10N2O3. The van der Waals surface area contributed by atoms with Gasteiger partial charge in [0.05, 0.1) is 0 Å². The highest BCUT2D eigenvalue weighted by Gasteiger charge is 2.45. The van der Waals surface area contributed by atoms with Gasteiger partial charge in [0.2, 0.25) is 0 Å². The average Bonchev–Trinajstić information content (AvgIpc) is 2.57. The number of benzene rings is 1. The molecule has 1 heterocycles. The molecule has 0 saturated carbocycles. The molecule has 1 aromatic carbocycles. The average molecular weight is 206 g/mol. The zero-order chi connectivity index (χ0) is 10.9. The lowest BCUT2D eigenvalue weighted by Gasteiger charge is -2.19. The summed E-state index contributed by atoms with van der Waals surface area (Å²) in [5.74, 6) is -1.78. The molecule has 0 spiro atoms. The number of nitrogens with zero attached hydrogens (tertiary/aromatic N) is 2. The zero-order valence-electron chi connectivity index (χ0n) is 8.08. The summed E-state index contributed by atoms with van der Waals surface area (Å²) >= 11 is 0. The van der Waals surface area contributed by atoms with Gasteiger partial charge in [-0.05, 0) is 6.92 Å². The Morgan fingerprint density at radius 3 is 2.60 bits per heavy atom. The molecule has 1 aromatic rings. The second-order valence-electron chi connectivity index (χ2n) is 3.23. The van der Waals surface area contributed by atoms with Crippen molar-refractivity contribution in [2.24, 2.45) is 10.3 Å². The topological polar surface area (TPSA) is 74.4 Å². The summed E-state index contributed by atoms with van der Waals surface area (Å²) in [5, 5.41) is 25.6. The third-order valence-electron chi connectivity index (χ3n) is 2.24. The van der Waals surface area contributed by atoms with Crippen LogP contribution in [0.5, 0.6) is 0 Å². The number of oxime groups is 2. The van der Waals surface area contributed by atoms with Crippen molar-refractivity contribution in [3.05, 3.63) is 35.9 Å². The Morgan fingerprint density at radius 2 is 2.00 bits per heavy atom. The van der Waals surface area contributed by atoms with E-state index in [1.54, 1.807) is 31.2 Å². The molecule has 2 N–H and O–H groups in total. The molecule has 78 valence electrons. The first-order chi connectivity index (χ1) is 7.18. The first kappa shape index (κ1) is 9.67. The van der Waals surface area contributed by atoms with E-state index in [1.165, 1.54) is 0 Å². The van der Waals surface area contributed by atoms with Crippen LogP contribution >= 0.6 is 0 Å². The third-order valence-corrected chi connectivity index (χ3v) is 2.24. The first-order valence-corrected chi connectivity index (χ1v) is 4.42. The van der Waals surface area contributed by atoms with Crippen molar-refractivity contribution in [2.45, 2.75) is 12.7 Å². The van der Waals surface area contributed by atoms with E-state index in [9.17, 15) is 5.11 Å². The molecule has 1 unspecified atom stereocenters. The Hall–Kier alpha value is -1.88. The number of aliphatic hydroxyl groups is 1. The van der Waals surface area contributed by atoms with E-state index in [2.05, 4.69) is 10.3 Å². The van der Waals surface area contributed by atoms with Crippen LogP contribution in [0.2, 0.25) is 0 Å². The maximum Gasteiger partial charge on any atom is 0.309 e. The van der Waals surface area contributed by atoms with Crippen LogP contribution in [0.15, 0.2) is 40.6 Å². The van der Waals surface area contributed by atoms with E-state index < -0.39 is 5.79 Å². The van der Waals surface area contributed by atoms with E-state index in [1.807, 2.05) is 6.07 Å². The van der Waals surface area contributed by atoms with Gasteiger partial charge in [-0.1, -0.05) is 40.6 Å². The fourth-order valence-corrected chi connectivity index (χ4v) is 1.46. The van der Waals surface area contributed by atoms with Gasteiger partial charge in [-0.15, -0.1) is 0 Å². The molecule has 5 heteroatoms. The minimum atomic E-state index is -1.78. The van der Waals surface area contributed by atoms with Gasteiger partial charge in [0.15, 0.2) is 5.71 Å². The summed E-state index contributed by atoms with van der Waals surface area (Å²) in [7, 11) is 0. The SMILES string of the molecule is CC1=NOC(O)(c2ccccc2)/C1=N/O. The normalized spacial score (nSPS) is 27.6. The first-order valence-electron chi connectivity index (χ1n) is 4.42.